The summed E-state index contributed by atoms with van der Waals surface area (Å²) >= 11 is 0. The zero-order valence-corrected chi connectivity index (χ0v) is 14.3. The molecule has 1 atom stereocenters. The second-order valence-corrected chi connectivity index (χ2v) is 6.71. The minimum Gasteiger partial charge on any atom is -0.387 e. The Morgan fingerprint density at radius 1 is 0.962 bits per heavy atom. The second kappa shape index (κ2) is 7.05. The van der Waals surface area contributed by atoms with E-state index >= 15 is 0 Å². The van der Waals surface area contributed by atoms with Crippen LogP contribution in [-0.2, 0) is 0 Å². The summed E-state index contributed by atoms with van der Waals surface area (Å²) in [6.07, 6.45) is 1.08. The van der Waals surface area contributed by atoms with E-state index in [1.54, 1.807) is 24.4 Å². The highest BCUT2D eigenvalue weighted by Crippen LogP contribution is 2.26. The smallest absolute Gasteiger partial charge is 0.123 e. The van der Waals surface area contributed by atoms with Gasteiger partial charge in [0.05, 0.1) is 6.10 Å². The van der Waals surface area contributed by atoms with Gasteiger partial charge in [0.1, 0.15) is 11.6 Å². The minimum atomic E-state index is -0.678. The predicted molar refractivity (Wildman–Crippen MR) is 98.3 cm³/mol. The molecular formula is C20H21F2N3O. The molecule has 1 aromatic heterocycles. The third-order valence-corrected chi connectivity index (χ3v) is 5.03. The zero-order valence-electron chi connectivity index (χ0n) is 14.3. The van der Waals surface area contributed by atoms with Gasteiger partial charge in [0, 0.05) is 61.1 Å². The summed E-state index contributed by atoms with van der Waals surface area (Å²) in [5, 5.41) is 11.3. The van der Waals surface area contributed by atoms with Crippen LogP contribution in [0.5, 0.6) is 0 Å². The van der Waals surface area contributed by atoms with Gasteiger partial charge < -0.3 is 15.0 Å². The van der Waals surface area contributed by atoms with Crippen LogP contribution in [0.3, 0.4) is 0 Å². The van der Waals surface area contributed by atoms with Gasteiger partial charge in [0.2, 0.25) is 0 Å². The number of H-pyrrole nitrogens is 1. The Morgan fingerprint density at radius 3 is 2.38 bits per heavy atom. The summed E-state index contributed by atoms with van der Waals surface area (Å²) in [7, 11) is 0. The molecule has 0 saturated carbocycles. The second-order valence-electron chi connectivity index (χ2n) is 6.71. The van der Waals surface area contributed by atoms with E-state index in [1.807, 2.05) is 0 Å². The molecule has 3 aromatic rings. The van der Waals surface area contributed by atoms with E-state index in [9.17, 15) is 13.9 Å². The van der Waals surface area contributed by atoms with Gasteiger partial charge in [0.15, 0.2) is 0 Å². The predicted octanol–water partition coefficient (Wildman–Crippen LogP) is 3.30. The minimum absolute atomic E-state index is 0.231. The molecule has 0 amide bonds. The van der Waals surface area contributed by atoms with Crippen LogP contribution in [0.4, 0.5) is 14.5 Å². The number of aromatic nitrogens is 1. The number of piperazine rings is 1. The van der Waals surface area contributed by atoms with Gasteiger partial charge in [-0.25, -0.2) is 8.78 Å². The third kappa shape index (κ3) is 3.43. The van der Waals surface area contributed by atoms with Crippen LogP contribution >= 0.6 is 0 Å². The van der Waals surface area contributed by atoms with Crippen molar-refractivity contribution in [1.82, 2.24) is 9.88 Å². The lowest BCUT2D eigenvalue weighted by Crippen LogP contribution is -2.47. The molecule has 0 radical (unpaired) electrons. The van der Waals surface area contributed by atoms with Gasteiger partial charge in [0.25, 0.3) is 0 Å². The summed E-state index contributed by atoms with van der Waals surface area (Å²) < 4.78 is 26.6. The molecule has 1 fully saturated rings. The Labute approximate surface area is 150 Å². The number of nitrogens with zero attached hydrogens (tertiary/aromatic N) is 2. The van der Waals surface area contributed by atoms with Gasteiger partial charge >= 0.3 is 0 Å². The maximum atomic E-state index is 13.5. The fourth-order valence-corrected chi connectivity index (χ4v) is 3.57. The summed E-state index contributed by atoms with van der Waals surface area (Å²) in [4.78, 5) is 7.49. The quantitative estimate of drug-likeness (QED) is 0.753. The maximum Gasteiger partial charge on any atom is 0.123 e. The Bertz CT molecular complexity index is 886. The molecule has 2 aromatic carbocycles. The third-order valence-electron chi connectivity index (χ3n) is 5.03. The van der Waals surface area contributed by atoms with Crippen molar-refractivity contribution in [3.63, 3.8) is 0 Å². The van der Waals surface area contributed by atoms with Crippen LogP contribution in [0, 0.1) is 11.6 Å². The first kappa shape index (κ1) is 17.0. The van der Waals surface area contributed by atoms with E-state index in [2.05, 4.69) is 14.8 Å². The van der Waals surface area contributed by atoms with Crippen LogP contribution < -0.4 is 4.90 Å². The van der Waals surface area contributed by atoms with Crippen LogP contribution in [0.2, 0.25) is 0 Å². The van der Waals surface area contributed by atoms with Crippen molar-refractivity contribution >= 4 is 16.6 Å². The number of β-amino-alcohol motifs (C(OH)–C–C–N with tert-alkyl or cyclic N) is 1. The highest BCUT2D eigenvalue weighted by molar-refractivity contribution is 5.83. The molecular weight excluding hydrogens is 336 g/mol. The first-order valence-corrected chi connectivity index (χ1v) is 8.77. The lowest BCUT2D eigenvalue weighted by atomic mass is 10.1. The monoisotopic (exact) mass is 357 g/mol. The Kier molecular flexibility index (Phi) is 4.61. The van der Waals surface area contributed by atoms with Gasteiger partial charge in [-0.15, -0.1) is 0 Å². The molecule has 1 aliphatic rings. The Balaban J connectivity index is 1.39. The number of benzene rings is 2. The van der Waals surface area contributed by atoms with Crippen LogP contribution in [-0.4, -0.2) is 47.7 Å². The molecule has 4 nitrogen and oxygen atoms in total. The van der Waals surface area contributed by atoms with E-state index in [0.717, 1.165) is 48.3 Å². The van der Waals surface area contributed by atoms with Crippen LogP contribution in [0.15, 0.2) is 48.7 Å². The Morgan fingerprint density at radius 2 is 1.65 bits per heavy atom. The van der Waals surface area contributed by atoms with Gasteiger partial charge in [-0.1, -0.05) is 0 Å². The van der Waals surface area contributed by atoms with E-state index < -0.39 is 6.10 Å². The number of halogens is 2. The average molecular weight is 357 g/mol. The van der Waals surface area contributed by atoms with Crippen molar-refractivity contribution in [3.8, 4) is 0 Å². The van der Waals surface area contributed by atoms with E-state index in [1.165, 1.54) is 24.3 Å². The zero-order chi connectivity index (χ0) is 18.1. The number of hydrogen-bond donors (Lipinski definition) is 2. The molecule has 0 unspecified atom stereocenters. The first-order chi connectivity index (χ1) is 12.6. The number of fused-ring (bicyclic) bond motifs is 1. The first-order valence-electron chi connectivity index (χ1n) is 8.77. The molecule has 26 heavy (non-hydrogen) atoms. The topological polar surface area (TPSA) is 42.5 Å². The molecule has 0 spiro atoms. The van der Waals surface area contributed by atoms with Crippen molar-refractivity contribution in [2.24, 2.45) is 0 Å². The molecule has 6 heteroatoms. The number of rotatable bonds is 4. The summed E-state index contributed by atoms with van der Waals surface area (Å²) in [6.45, 7) is 3.76. The van der Waals surface area contributed by atoms with E-state index in [0.29, 0.717) is 6.54 Å². The van der Waals surface area contributed by atoms with E-state index in [4.69, 9.17) is 0 Å². The molecule has 136 valence electrons. The molecule has 1 aliphatic heterocycles. The summed E-state index contributed by atoms with van der Waals surface area (Å²) in [5.41, 5.74) is 2.56. The normalized spacial score (nSPS) is 17.0. The molecule has 4 rings (SSSR count). The summed E-state index contributed by atoms with van der Waals surface area (Å²) in [6, 6.07) is 11.1. The van der Waals surface area contributed by atoms with Gasteiger partial charge in [-0.05, 0) is 42.5 Å². The Hall–Kier alpha value is -2.44. The lowest BCUT2D eigenvalue weighted by molar-refractivity contribution is 0.110. The number of aromatic amines is 1. The average Bonchev–Trinajstić information content (AvgIpc) is 3.06. The van der Waals surface area contributed by atoms with Crippen molar-refractivity contribution in [2.75, 3.05) is 37.6 Å². The standard InChI is InChI=1S/C20H21F2N3O/c21-14-1-4-16(5-2-14)25-9-7-24(8-10-25)13-20(26)18-12-23-19-6-3-15(22)11-17(18)19/h1-6,11-12,20,23,26H,7-10,13H2/t20-/m1/s1. The summed E-state index contributed by atoms with van der Waals surface area (Å²) in [5.74, 6) is -0.538. The molecule has 2 heterocycles. The fraction of sp³-hybridized carbons (Fsp3) is 0.300. The number of anilines is 1. The SMILES string of the molecule is O[C@H](CN1CCN(c2ccc(F)cc2)CC1)c1c[nH]c2ccc(F)cc12. The highest BCUT2D eigenvalue weighted by atomic mass is 19.1. The molecule has 0 aliphatic carbocycles. The van der Waals surface area contributed by atoms with E-state index in [-0.39, 0.29) is 11.6 Å². The van der Waals surface area contributed by atoms with Crippen LogP contribution in [0.25, 0.3) is 10.9 Å². The van der Waals surface area contributed by atoms with Gasteiger partial charge in [-0.3, -0.25) is 4.90 Å². The molecule has 1 saturated heterocycles. The number of aliphatic hydroxyl groups excluding tert-OH is 1. The van der Waals surface area contributed by atoms with Crippen LogP contribution in [0.1, 0.15) is 11.7 Å². The van der Waals surface area contributed by atoms with Crippen molar-refractivity contribution in [2.45, 2.75) is 6.10 Å². The number of nitrogens with one attached hydrogen (secondary N) is 1. The van der Waals surface area contributed by atoms with Gasteiger partial charge in [-0.2, -0.15) is 0 Å². The largest absolute Gasteiger partial charge is 0.387 e. The van der Waals surface area contributed by atoms with Crippen molar-refractivity contribution in [1.29, 1.82) is 0 Å². The molecule has 0 bridgehead atoms. The fourth-order valence-electron chi connectivity index (χ4n) is 3.57. The number of aliphatic hydroxyl groups is 1. The highest BCUT2D eigenvalue weighted by Gasteiger charge is 2.21. The van der Waals surface area contributed by atoms with Crippen molar-refractivity contribution in [3.05, 3.63) is 65.9 Å². The lowest BCUT2D eigenvalue weighted by Gasteiger charge is -2.36. The van der Waals surface area contributed by atoms with Crippen molar-refractivity contribution < 1.29 is 13.9 Å². The molecule has 2 N–H and O–H groups in total. The maximum absolute atomic E-state index is 13.5. The number of hydrogen-bond acceptors (Lipinski definition) is 3.